The largest absolute Gasteiger partial charge is 0.468 e. The Bertz CT molecular complexity index is 108. The summed E-state index contributed by atoms with van der Waals surface area (Å²) < 4.78 is 4.58. The van der Waals surface area contributed by atoms with Crippen LogP contribution in [0.1, 0.15) is 20.3 Å². The van der Waals surface area contributed by atoms with Crippen molar-refractivity contribution in [2.24, 2.45) is 5.92 Å². The second-order valence-corrected chi connectivity index (χ2v) is 2.34. The number of hydrogen-bond donors (Lipinski definition) is 0. The van der Waals surface area contributed by atoms with Crippen molar-refractivity contribution in [3.8, 4) is 0 Å². The lowest BCUT2D eigenvalue weighted by Gasteiger charge is -2.04. The first-order valence-corrected chi connectivity index (χ1v) is 3.47. The van der Waals surface area contributed by atoms with Crippen LogP contribution in [-0.4, -0.2) is 13.1 Å². The van der Waals surface area contributed by atoms with E-state index >= 15 is 0 Å². The summed E-state index contributed by atoms with van der Waals surface area (Å²) in [6.45, 7) is 5.04. The first-order valence-electron chi connectivity index (χ1n) is 3.47. The van der Waals surface area contributed by atoms with Crippen LogP contribution in [0.25, 0.3) is 0 Å². The molecule has 1 atom stereocenters. The Morgan fingerprint density at radius 3 is 2.80 bits per heavy atom. The molecule has 10 heavy (non-hydrogen) atoms. The summed E-state index contributed by atoms with van der Waals surface area (Å²) in [5.74, 6) is 0.432. The molecule has 0 bridgehead atoms. The smallest absolute Gasteiger partial charge is 0.293 e. The number of ether oxygens (including phenoxy) is 1. The van der Waals surface area contributed by atoms with Crippen molar-refractivity contribution in [2.45, 2.75) is 20.3 Å². The lowest BCUT2D eigenvalue weighted by Crippen LogP contribution is -2.03. The summed E-state index contributed by atoms with van der Waals surface area (Å²) in [6.07, 6.45) is 5.04. The van der Waals surface area contributed by atoms with E-state index in [0.717, 1.165) is 6.42 Å². The highest BCUT2D eigenvalue weighted by atomic mass is 16.5. The van der Waals surface area contributed by atoms with E-state index in [2.05, 4.69) is 10.8 Å². The molecule has 0 heterocycles. The predicted octanol–water partition coefficient (Wildman–Crippen LogP) is 1.76. The van der Waals surface area contributed by atoms with Crippen LogP contribution >= 0.6 is 0 Å². The molecule has 0 aliphatic rings. The van der Waals surface area contributed by atoms with Crippen LogP contribution in [-0.2, 0) is 9.53 Å². The van der Waals surface area contributed by atoms with Crippen LogP contribution in [0, 0.1) is 5.92 Å². The van der Waals surface area contributed by atoms with E-state index in [9.17, 15) is 4.79 Å². The molecule has 0 rings (SSSR count). The molecule has 0 amide bonds. The van der Waals surface area contributed by atoms with E-state index in [0.29, 0.717) is 19.0 Å². The molecular weight excluding hydrogens is 128 g/mol. The van der Waals surface area contributed by atoms with Gasteiger partial charge in [0.2, 0.25) is 0 Å². The molecule has 0 aromatic carbocycles. The van der Waals surface area contributed by atoms with Crippen molar-refractivity contribution < 1.29 is 9.53 Å². The minimum absolute atomic E-state index is 0.432. The Labute approximate surface area is 61.9 Å². The fourth-order valence-electron chi connectivity index (χ4n) is 0.640. The van der Waals surface area contributed by atoms with E-state index in [-0.39, 0.29) is 0 Å². The van der Waals surface area contributed by atoms with Crippen LogP contribution in [0.5, 0.6) is 0 Å². The average molecular weight is 142 g/mol. The van der Waals surface area contributed by atoms with Crippen molar-refractivity contribution in [3.05, 3.63) is 12.2 Å². The van der Waals surface area contributed by atoms with Gasteiger partial charge < -0.3 is 4.74 Å². The second-order valence-electron chi connectivity index (χ2n) is 2.34. The van der Waals surface area contributed by atoms with Gasteiger partial charge in [0.1, 0.15) is 0 Å². The van der Waals surface area contributed by atoms with E-state index in [1.807, 2.05) is 19.9 Å². The van der Waals surface area contributed by atoms with Crippen molar-refractivity contribution >= 4 is 6.47 Å². The SMILES string of the molecule is CC=CCC(C)COC=O. The molecule has 1 unspecified atom stereocenters. The fraction of sp³-hybridized carbons (Fsp3) is 0.625. The Hall–Kier alpha value is -0.790. The van der Waals surface area contributed by atoms with Crippen molar-refractivity contribution in [1.29, 1.82) is 0 Å². The van der Waals surface area contributed by atoms with Crippen LogP contribution < -0.4 is 0 Å². The Balaban J connectivity index is 3.24. The molecule has 0 aromatic heterocycles. The van der Waals surface area contributed by atoms with Gasteiger partial charge in [-0.15, -0.1) is 0 Å². The van der Waals surface area contributed by atoms with E-state index in [1.54, 1.807) is 0 Å². The zero-order chi connectivity index (χ0) is 7.82. The summed E-state index contributed by atoms with van der Waals surface area (Å²) in [5, 5.41) is 0. The third-order valence-electron chi connectivity index (χ3n) is 1.22. The van der Waals surface area contributed by atoms with Crippen molar-refractivity contribution in [3.63, 3.8) is 0 Å². The highest BCUT2D eigenvalue weighted by Gasteiger charge is 1.97. The second kappa shape index (κ2) is 6.33. The molecule has 0 N–H and O–H groups in total. The molecule has 0 fully saturated rings. The van der Waals surface area contributed by atoms with Crippen LogP contribution in [0.4, 0.5) is 0 Å². The van der Waals surface area contributed by atoms with Gasteiger partial charge in [-0.1, -0.05) is 19.1 Å². The van der Waals surface area contributed by atoms with E-state index in [1.165, 1.54) is 0 Å². The third-order valence-corrected chi connectivity index (χ3v) is 1.22. The number of hydrogen-bond acceptors (Lipinski definition) is 2. The molecule has 0 aromatic rings. The summed E-state index contributed by atoms with van der Waals surface area (Å²) >= 11 is 0. The van der Waals surface area contributed by atoms with Gasteiger partial charge in [-0.2, -0.15) is 0 Å². The maximum atomic E-state index is 9.74. The Morgan fingerprint density at radius 1 is 1.60 bits per heavy atom. The molecule has 0 spiro atoms. The molecular formula is C8H14O2. The van der Waals surface area contributed by atoms with Gasteiger partial charge in [0.25, 0.3) is 6.47 Å². The van der Waals surface area contributed by atoms with Crippen LogP contribution in [0.2, 0.25) is 0 Å². The number of rotatable bonds is 5. The van der Waals surface area contributed by atoms with Gasteiger partial charge in [0, 0.05) is 0 Å². The van der Waals surface area contributed by atoms with E-state index < -0.39 is 0 Å². The van der Waals surface area contributed by atoms with Gasteiger partial charge in [-0.05, 0) is 19.3 Å². The Kier molecular flexibility index (Phi) is 5.83. The molecule has 58 valence electrons. The number of carbonyl (C=O) groups excluding carboxylic acids is 1. The summed E-state index contributed by atoms with van der Waals surface area (Å²) in [7, 11) is 0. The zero-order valence-electron chi connectivity index (χ0n) is 6.54. The number of allylic oxidation sites excluding steroid dienone is 2. The third kappa shape index (κ3) is 5.35. The first-order chi connectivity index (χ1) is 4.81. The lowest BCUT2D eigenvalue weighted by atomic mass is 10.1. The molecule has 0 saturated heterocycles. The zero-order valence-corrected chi connectivity index (χ0v) is 6.54. The van der Waals surface area contributed by atoms with Crippen LogP contribution in [0.15, 0.2) is 12.2 Å². The maximum absolute atomic E-state index is 9.74. The first kappa shape index (κ1) is 9.21. The van der Waals surface area contributed by atoms with Crippen LogP contribution in [0.3, 0.4) is 0 Å². The quantitative estimate of drug-likeness (QED) is 0.432. The maximum Gasteiger partial charge on any atom is 0.293 e. The monoisotopic (exact) mass is 142 g/mol. The highest BCUT2D eigenvalue weighted by molar-refractivity contribution is 5.36. The lowest BCUT2D eigenvalue weighted by molar-refractivity contribution is -0.129. The molecule has 2 heteroatoms. The molecule has 0 aliphatic carbocycles. The van der Waals surface area contributed by atoms with Gasteiger partial charge in [0.15, 0.2) is 0 Å². The van der Waals surface area contributed by atoms with Gasteiger partial charge in [-0.3, -0.25) is 4.79 Å². The summed E-state index contributed by atoms with van der Waals surface area (Å²) in [5.41, 5.74) is 0. The van der Waals surface area contributed by atoms with Gasteiger partial charge >= 0.3 is 0 Å². The molecule has 0 saturated carbocycles. The summed E-state index contributed by atoms with van der Waals surface area (Å²) in [6, 6.07) is 0. The standard InChI is InChI=1S/C8H14O2/c1-3-4-5-8(2)6-10-7-9/h3-4,7-8H,5-6H2,1-2H3. The summed E-state index contributed by atoms with van der Waals surface area (Å²) in [4.78, 5) is 9.74. The minimum atomic E-state index is 0.432. The molecule has 0 aliphatic heterocycles. The normalized spacial score (nSPS) is 13.4. The van der Waals surface area contributed by atoms with Gasteiger partial charge in [-0.25, -0.2) is 0 Å². The van der Waals surface area contributed by atoms with Gasteiger partial charge in [0.05, 0.1) is 6.61 Å². The van der Waals surface area contributed by atoms with E-state index in [4.69, 9.17) is 0 Å². The van der Waals surface area contributed by atoms with Crippen molar-refractivity contribution in [2.75, 3.05) is 6.61 Å². The topological polar surface area (TPSA) is 26.3 Å². The minimum Gasteiger partial charge on any atom is -0.468 e. The van der Waals surface area contributed by atoms with Crippen molar-refractivity contribution in [1.82, 2.24) is 0 Å². The fourth-order valence-corrected chi connectivity index (χ4v) is 0.640. The average Bonchev–Trinajstić information content (AvgIpc) is 1.97. The Morgan fingerprint density at radius 2 is 2.30 bits per heavy atom. The molecule has 2 nitrogen and oxygen atoms in total. The number of carbonyl (C=O) groups is 1. The highest BCUT2D eigenvalue weighted by Crippen LogP contribution is 2.01. The predicted molar refractivity (Wildman–Crippen MR) is 40.6 cm³/mol. The molecule has 0 radical (unpaired) electrons.